The van der Waals surface area contributed by atoms with Gasteiger partial charge >= 0.3 is 0 Å². The molecule has 0 spiro atoms. The maximum atomic E-state index is 2.49. The van der Waals surface area contributed by atoms with Gasteiger partial charge in [0.2, 0.25) is 0 Å². The first kappa shape index (κ1) is 47.1. The molecule has 4 atom stereocenters. The lowest BCUT2D eigenvalue weighted by molar-refractivity contribution is 0.206. The van der Waals surface area contributed by atoms with Gasteiger partial charge in [-0.05, 0) is 53.8 Å². The van der Waals surface area contributed by atoms with E-state index in [1.54, 1.807) is 0 Å². The van der Waals surface area contributed by atoms with Crippen LogP contribution in [0.2, 0.25) is 0 Å². The first-order valence-corrected chi connectivity index (χ1v) is 21.3. The van der Waals surface area contributed by atoms with Crippen LogP contribution in [0.15, 0.2) is 0 Å². The molecule has 0 aliphatic rings. The fourth-order valence-corrected chi connectivity index (χ4v) is 7.77. The number of unbranched alkanes of at least 4 members (excludes halogenated alkanes) is 18. The van der Waals surface area contributed by atoms with Gasteiger partial charge in [0.05, 0.1) is 0 Å². The van der Waals surface area contributed by atoms with Crippen molar-refractivity contribution in [1.29, 1.82) is 0 Å². The van der Waals surface area contributed by atoms with Gasteiger partial charge in [-0.1, -0.05) is 237 Å². The van der Waals surface area contributed by atoms with Gasteiger partial charge in [-0.2, -0.15) is 0 Å². The molecule has 4 unspecified atom stereocenters. The van der Waals surface area contributed by atoms with Crippen LogP contribution in [0, 0.1) is 34.5 Å². The summed E-state index contributed by atoms with van der Waals surface area (Å²) in [6, 6.07) is 0. The van der Waals surface area contributed by atoms with Gasteiger partial charge < -0.3 is 0 Å². The van der Waals surface area contributed by atoms with E-state index in [2.05, 4.69) is 83.1 Å². The molecule has 0 fully saturated rings. The molecule has 0 N–H and O–H groups in total. The smallest absolute Gasteiger partial charge is 0.0380 e. The van der Waals surface area contributed by atoms with Gasteiger partial charge in [0.1, 0.15) is 0 Å². The highest BCUT2D eigenvalue weighted by Crippen LogP contribution is 2.34. The maximum absolute atomic E-state index is 2.49. The standard InChI is InChI=1S/C26H54.C19H40/c1-4-6-8-10-12-14-15-17-19-21-23-25-26(3)24-22-20-18-16-13-11-9-7-5-2;1-10-17(16(3)14-19(7,8)9)12-11-15(2)13-18(4,5)6/h26H,4-25H2,1-3H3;15-17H,10-14H2,1-9H3. The quantitative estimate of drug-likeness (QED) is 0.0718. The zero-order valence-corrected chi connectivity index (χ0v) is 34.4. The predicted octanol–water partition coefficient (Wildman–Crippen LogP) is 17.2. The number of hydrogen-bond acceptors (Lipinski definition) is 0. The molecule has 274 valence electrons. The normalized spacial score (nSPS) is 14.9. The van der Waals surface area contributed by atoms with Gasteiger partial charge in [-0.3, -0.25) is 0 Å². The Bertz CT molecular complexity index is 560. The fourth-order valence-electron chi connectivity index (χ4n) is 7.77. The molecule has 0 rings (SSSR count). The molecule has 0 saturated carbocycles. The van der Waals surface area contributed by atoms with Crippen LogP contribution < -0.4 is 0 Å². The first-order valence-electron chi connectivity index (χ1n) is 21.3. The zero-order valence-electron chi connectivity index (χ0n) is 34.4. The van der Waals surface area contributed by atoms with Crippen LogP contribution in [0.25, 0.3) is 0 Å². The Hall–Kier alpha value is 0. The van der Waals surface area contributed by atoms with E-state index < -0.39 is 0 Å². The summed E-state index contributed by atoms with van der Waals surface area (Å²) in [5, 5.41) is 0. The first-order chi connectivity index (χ1) is 21.3. The molecule has 0 heteroatoms. The van der Waals surface area contributed by atoms with Crippen molar-refractivity contribution in [2.75, 3.05) is 0 Å². The van der Waals surface area contributed by atoms with Crippen LogP contribution in [0.5, 0.6) is 0 Å². The Morgan fingerprint density at radius 3 is 1.00 bits per heavy atom. The molecular formula is C45H94. The van der Waals surface area contributed by atoms with Gasteiger partial charge in [0, 0.05) is 0 Å². The second kappa shape index (κ2) is 31.3. The SMILES string of the molecule is CCC(CCC(C)CC(C)(C)C)C(C)CC(C)(C)C.CCCCCCCCCCCCCC(C)CCCCCCCCCCC. The van der Waals surface area contributed by atoms with E-state index in [1.165, 1.54) is 173 Å². The lowest BCUT2D eigenvalue weighted by atomic mass is 9.75. The predicted molar refractivity (Wildman–Crippen MR) is 212 cm³/mol. The highest BCUT2D eigenvalue weighted by atomic mass is 14.3. The van der Waals surface area contributed by atoms with Gasteiger partial charge in [-0.15, -0.1) is 0 Å². The van der Waals surface area contributed by atoms with Gasteiger partial charge in [0.15, 0.2) is 0 Å². The minimum Gasteiger partial charge on any atom is -0.0654 e. The van der Waals surface area contributed by atoms with E-state index in [-0.39, 0.29) is 0 Å². The Morgan fingerprint density at radius 1 is 0.356 bits per heavy atom. The van der Waals surface area contributed by atoms with Crippen molar-refractivity contribution in [3.8, 4) is 0 Å². The van der Waals surface area contributed by atoms with E-state index in [9.17, 15) is 0 Å². The third-order valence-electron chi connectivity index (χ3n) is 10.4. The van der Waals surface area contributed by atoms with Crippen molar-refractivity contribution >= 4 is 0 Å². The summed E-state index contributed by atoms with van der Waals surface area (Å²) in [5.74, 6) is 3.63. The van der Waals surface area contributed by atoms with E-state index >= 15 is 0 Å². The summed E-state index contributed by atoms with van der Waals surface area (Å²) in [6.45, 7) is 28.6. The number of hydrogen-bond donors (Lipinski definition) is 0. The summed E-state index contributed by atoms with van der Waals surface area (Å²) in [5.41, 5.74) is 0.960. The summed E-state index contributed by atoms with van der Waals surface area (Å²) >= 11 is 0. The Labute approximate surface area is 290 Å². The summed E-state index contributed by atoms with van der Waals surface area (Å²) < 4.78 is 0. The monoisotopic (exact) mass is 635 g/mol. The molecule has 0 aromatic rings. The van der Waals surface area contributed by atoms with Crippen molar-refractivity contribution in [3.05, 3.63) is 0 Å². The van der Waals surface area contributed by atoms with Crippen LogP contribution in [0.1, 0.15) is 256 Å². The lowest BCUT2D eigenvalue weighted by Gasteiger charge is -2.30. The second-order valence-corrected chi connectivity index (χ2v) is 18.4. The maximum Gasteiger partial charge on any atom is -0.0380 e. The average molecular weight is 635 g/mol. The van der Waals surface area contributed by atoms with Crippen molar-refractivity contribution in [2.45, 2.75) is 256 Å². The molecular weight excluding hydrogens is 540 g/mol. The van der Waals surface area contributed by atoms with Crippen LogP contribution in [-0.2, 0) is 0 Å². The van der Waals surface area contributed by atoms with Crippen LogP contribution in [-0.4, -0.2) is 0 Å². The molecule has 0 radical (unpaired) electrons. The van der Waals surface area contributed by atoms with Crippen molar-refractivity contribution in [2.24, 2.45) is 34.5 Å². The minimum atomic E-state index is 0.476. The molecule has 0 aromatic carbocycles. The van der Waals surface area contributed by atoms with E-state index in [0.29, 0.717) is 10.8 Å². The zero-order chi connectivity index (χ0) is 34.4. The third-order valence-corrected chi connectivity index (χ3v) is 10.4. The molecule has 0 aliphatic carbocycles. The average Bonchev–Trinajstić information content (AvgIpc) is 2.94. The molecule has 0 bridgehead atoms. The van der Waals surface area contributed by atoms with Crippen molar-refractivity contribution in [1.82, 2.24) is 0 Å². The van der Waals surface area contributed by atoms with E-state index in [1.807, 2.05) is 0 Å². The Morgan fingerprint density at radius 2 is 0.689 bits per heavy atom. The molecule has 0 aromatic heterocycles. The largest absolute Gasteiger partial charge is 0.0654 e. The van der Waals surface area contributed by atoms with Crippen molar-refractivity contribution < 1.29 is 0 Å². The Kier molecular flexibility index (Phi) is 32.8. The van der Waals surface area contributed by atoms with E-state index in [0.717, 1.165) is 23.7 Å². The van der Waals surface area contributed by atoms with Crippen LogP contribution in [0.4, 0.5) is 0 Å². The van der Waals surface area contributed by atoms with Crippen LogP contribution in [0.3, 0.4) is 0 Å². The van der Waals surface area contributed by atoms with Crippen molar-refractivity contribution in [3.63, 3.8) is 0 Å². The molecule has 45 heavy (non-hydrogen) atoms. The molecule has 0 heterocycles. The Balaban J connectivity index is 0. The number of rotatable bonds is 29. The third kappa shape index (κ3) is 38.3. The second-order valence-electron chi connectivity index (χ2n) is 18.4. The summed E-state index contributed by atoms with van der Waals surface area (Å²) in [4.78, 5) is 0. The van der Waals surface area contributed by atoms with E-state index in [4.69, 9.17) is 0 Å². The molecule has 0 amide bonds. The fraction of sp³-hybridized carbons (Fsp3) is 1.00. The summed E-state index contributed by atoms with van der Waals surface area (Å²) in [7, 11) is 0. The topological polar surface area (TPSA) is 0 Å². The van der Waals surface area contributed by atoms with Gasteiger partial charge in [0.25, 0.3) is 0 Å². The lowest BCUT2D eigenvalue weighted by Crippen LogP contribution is -2.19. The highest BCUT2D eigenvalue weighted by Gasteiger charge is 2.23. The molecule has 0 nitrogen and oxygen atoms in total. The molecule has 0 saturated heterocycles. The van der Waals surface area contributed by atoms with Gasteiger partial charge in [-0.25, -0.2) is 0 Å². The highest BCUT2D eigenvalue weighted by molar-refractivity contribution is 4.74. The summed E-state index contributed by atoms with van der Waals surface area (Å²) in [6.07, 6.45) is 39.2. The van der Waals surface area contributed by atoms with Crippen LogP contribution >= 0.6 is 0 Å². The molecule has 0 aliphatic heterocycles. The minimum absolute atomic E-state index is 0.476.